The minimum Gasteiger partial charge on any atom is -0.391 e. The van der Waals surface area contributed by atoms with Gasteiger partial charge in [-0.05, 0) is 77.0 Å². The molecule has 0 aromatic rings. The van der Waals surface area contributed by atoms with Crippen molar-refractivity contribution in [3.05, 3.63) is 97.2 Å². The minimum absolute atomic E-state index is 0.0710. The first-order chi connectivity index (χ1) is 34.5. The fourth-order valence-electron chi connectivity index (χ4n) is 8.06. The van der Waals surface area contributed by atoms with Crippen LogP contribution in [0.1, 0.15) is 239 Å². The summed E-state index contributed by atoms with van der Waals surface area (Å²) in [5.74, 6) is -0.150. The number of hydrogen-bond donors (Lipinski definition) is 3. The minimum atomic E-state index is -4.32. The van der Waals surface area contributed by atoms with E-state index in [1.165, 1.54) is 122 Å². The molecule has 71 heavy (non-hydrogen) atoms. The summed E-state index contributed by atoms with van der Waals surface area (Å²) in [4.78, 5) is 23.3. The summed E-state index contributed by atoms with van der Waals surface area (Å²) in [7, 11) is 1.61. The number of hydrogen-bond acceptors (Lipinski definition) is 5. The monoisotopic (exact) mass is 1010 g/mol. The largest absolute Gasteiger partial charge is 0.472 e. The maximum absolute atomic E-state index is 13.0. The van der Waals surface area contributed by atoms with Crippen LogP contribution in [0, 0.1) is 0 Å². The highest BCUT2D eigenvalue weighted by atomic mass is 31.2. The Kier molecular flexibility index (Phi) is 50.4. The molecule has 3 unspecified atom stereocenters. The molecule has 9 heteroatoms. The Labute approximate surface area is 439 Å². The van der Waals surface area contributed by atoms with Crippen molar-refractivity contribution < 1.29 is 32.9 Å². The van der Waals surface area contributed by atoms with Crippen LogP contribution in [0.3, 0.4) is 0 Å². The second kappa shape index (κ2) is 52.3. The number of phosphoric acid groups is 1. The van der Waals surface area contributed by atoms with Crippen LogP contribution in [0.15, 0.2) is 97.2 Å². The van der Waals surface area contributed by atoms with Crippen LogP contribution in [-0.2, 0) is 18.4 Å². The first-order valence-electron chi connectivity index (χ1n) is 29.1. The van der Waals surface area contributed by atoms with Crippen LogP contribution >= 0.6 is 7.82 Å². The predicted octanol–water partition coefficient (Wildman–Crippen LogP) is 17.8. The number of aliphatic hydroxyl groups excluding tert-OH is 1. The maximum atomic E-state index is 13.0. The molecular weight excluding hydrogens is 900 g/mol. The molecule has 0 aliphatic rings. The molecule has 0 spiro atoms. The molecule has 3 atom stereocenters. The van der Waals surface area contributed by atoms with Crippen molar-refractivity contribution in [1.82, 2.24) is 5.32 Å². The van der Waals surface area contributed by atoms with E-state index < -0.39 is 20.0 Å². The molecule has 0 aromatic heterocycles. The first kappa shape index (κ1) is 68.4. The first-order valence-corrected chi connectivity index (χ1v) is 30.6. The van der Waals surface area contributed by atoms with Crippen molar-refractivity contribution in [1.29, 1.82) is 0 Å². The maximum Gasteiger partial charge on any atom is 0.472 e. The molecule has 1 amide bonds. The molecule has 0 aliphatic carbocycles. The number of likely N-dealkylation sites (N-methyl/N-ethyl adjacent to an activating group) is 1. The molecule has 8 nitrogen and oxygen atoms in total. The predicted molar refractivity (Wildman–Crippen MR) is 309 cm³/mol. The van der Waals surface area contributed by atoms with Crippen LogP contribution in [0.4, 0.5) is 0 Å². The highest BCUT2D eigenvalue weighted by molar-refractivity contribution is 7.47. The number of carbonyl (C=O) groups is 1. The average molecular weight is 1010 g/mol. The zero-order valence-corrected chi connectivity index (χ0v) is 47.6. The van der Waals surface area contributed by atoms with E-state index in [4.69, 9.17) is 9.05 Å². The van der Waals surface area contributed by atoms with Gasteiger partial charge in [0, 0.05) is 6.42 Å². The summed E-state index contributed by atoms with van der Waals surface area (Å²) in [5, 5.41) is 14.0. The Morgan fingerprint density at radius 1 is 0.493 bits per heavy atom. The summed E-state index contributed by atoms with van der Waals surface area (Å²) >= 11 is 0. The van der Waals surface area contributed by atoms with Gasteiger partial charge in [-0.2, -0.15) is 0 Å². The van der Waals surface area contributed by atoms with E-state index in [-0.39, 0.29) is 19.1 Å². The van der Waals surface area contributed by atoms with E-state index in [1.807, 2.05) is 21.1 Å². The molecule has 0 aliphatic heterocycles. The quantitative estimate of drug-likeness (QED) is 0.0243. The summed E-state index contributed by atoms with van der Waals surface area (Å²) in [6.07, 6.45) is 74.7. The van der Waals surface area contributed by atoms with Crippen LogP contribution in [0.2, 0.25) is 0 Å². The van der Waals surface area contributed by atoms with Crippen LogP contribution in [0.5, 0.6) is 0 Å². The second-order valence-electron chi connectivity index (χ2n) is 20.6. The molecule has 0 radical (unpaired) electrons. The molecule has 3 N–H and O–H groups in total. The number of nitrogens with zero attached hydrogens (tertiary/aromatic N) is 1. The normalized spacial score (nSPS) is 14.6. The Bertz CT molecular complexity index is 1470. The van der Waals surface area contributed by atoms with Crippen molar-refractivity contribution in [2.24, 2.45) is 0 Å². The zero-order chi connectivity index (χ0) is 52.0. The van der Waals surface area contributed by atoms with Gasteiger partial charge in [-0.15, -0.1) is 0 Å². The van der Waals surface area contributed by atoms with E-state index in [2.05, 4.69) is 116 Å². The van der Waals surface area contributed by atoms with Gasteiger partial charge in [0.25, 0.3) is 0 Å². The smallest absolute Gasteiger partial charge is 0.391 e. The van der Waals surface area contributed by atoms with Crippen LogP contribution < -0.4 is 5.32 Å². The van der Waals surface area contributed by atoms with Crippen molar-refractivity contribution in [3.8, 4) is 0 Å². The third kappa shape index (κ3) is 55.0. The number of rotatable bonds is 52. The molecule has 0 heterocycles. The number of unbranched alkanes of at least 4 members (excludes halogenated alkanes) is 23. The summed E-state index contributed by atoms with van der Waals surface area (Å²) in [6, 6.07) is -0.766. The molecule has 410 valence electrons. The van der Waals surface area contributed by atoms with E-state index in [9.17, 15) is 19.4 Å². The third-order valence-corrected chi connectivity index (χ3v) is 13.6. The SMILES string of the molecule is CC/C=C\C/C=C\C/C=C\C/C=C\C/C=C\C/C=C\C/C=C\C/C=C\CCCCCCCCCCCCCCC(=O)NC(COP(=O)(O)OCC[N+](C)(C)C)C(O)CCCCCCCCCCCCCC. The Balaban J connectivity index is 4.03. The van der Waals surface area contributed by atoms with Gasteiger partial charge in [-0.25, -0.2) is 4.57 Å². The summed E-state index contributed by atoms with van der Waals surface area (Å²) < 4.78 is 23.7. The lowest BCUT2D eigenvalue weighted by Crippen LogP contribution is -2.46. The van der Waals surface area contributed by atoms with E-state index >= 15 is 0 Å². The topological polar surface area (TPSA) is 105 Å². The van der Waals surface area contributed by atoms with Crippen LogP contribution in [0.25, 0.3) is 0 Å². The number of allylic oxidation sites excluding steroid dienone is 16. The fraction of sp³-hybridized carbons (Fsp3) is 0.726. The zero-order valence-electron chi connectivity index (χ0n) is 46.7. The highest BCUT2D eigenvalue weighted by Gasteiger charge is 2.28. The average Bonchev–Trinajstić information content (AvgIpc) is 3.33. The third-order valence-electron chi connectivity index (χ3n) is 12.6. The number of quaternary nitrogens is 1. The van der Waals surface area contributed by atoms with Gasteiger partial charge < -0.3 is 19.8 Å². The van der Waals surface area contributed by atoms with Crippen molar-refractivity contribution >= 4 is 13.7 Å². The van der Waals surface area contributed by atoms with Crippen molar-refractivity contribution in [2.45, 2.75) is 251 Å². The number of aliphatic hydroxyl groups is 1. The highest BCUT2D eigenvalue weighted by Crippen LogP contribution is 2.43. The van der Waals surface area contributed by atoms with E-state index in [0.717, 1.165) is 89.9 Å². The van der Waals surface area contributed by atoms with E-state index in [0.29, 0.717) is 23.9 Å². The van der Waals surface area contributed by atoms with Gasteiger partial charge in [0.15, 0.2) is 0 Å². The fourth-order valence-corrected chi connectivity index (χ4v) is 8.80. The number of nitrogens with one attached hydrogen (secondary N) is 1. The molecule has 0 saturated carbocycles. The molecule has 0 aromatic carbocycles. The molecule has 0 rings (SSSR count). The molecule has 0 fully saturated rings. The van der Waals surface area contributed by atoms with Gasteiger partial charge in [-0.1, -0.05) is 252 Å². The van der Waals surface area contributed by atoms with Gasteiger partial charge in [0.1, 0.15) is 13.2 Å². The summed E-state index contributed by atoms with van der Waals surface area (Å²) in [6.45, 7) is 4.76. The van der Waals surface area contributed by atoms with Gasteiger partial charge in [-0.3, -0.25) is 13.8 Å². The van der Waals surface area contributed by atoms with Gasteiger partial charge >= 0.3 is 7.82 Å². The molecular formula is C62H112N2O6P+. The second-order valence-corrected chi connectivity index (χ2v) is 22.1. The standard InChI is InChI=1S/C62H111N2O6P/c1-6-8-10-12-14-16-18-20-21-22-23-24-25-26-27-28-29-30-31-32-33-34-35-36-37-38-39-40-41-42-43-44-46-48-50-52-54-56-62(66)63-60(59-70-71(67,68)69-58-57-64(3,4)5)61(65)55-53-51-49-47-45-19-17-15-13-11-9-7-2/h8,10,14,16,20-21,23-24,26-27,29-30,32-33,35-36,60-61,65H,6-7,9,11-13,15,17-19,22,25,28,31,34,37-59H2,1-5H3,(H-,63,66,67,68)/p+1/b10-8-,16-14-,21-20-,24-23-,27-26-,30-29-,33-32-,36-35-. The lowest BCUT2D eigenvalue weighted by atomic mass is 10.0. The lowest BCUT2D eigenvalue weighted by Gasteiger charge is -2.26. The Hall–Kier alpha value is -2.58. The molecule has 0 bridgehead atoms. The summed E-state index contributed by atoms with van der Waals surface area (Å²) in [5.41, 5.74) is 0. The number of amides is 1. The number of carbonyl (C=O) groups excluding carboxylic acids is 1. The van der Waals surface area contributed by atoms with Crippen LogP contribution in [-0.4, -0.2) is 73.4 Å². The molecule has 0 saturated heterocycles. The van der Waals surface area contributed by atoms with Gasteiger partial charge in [0.2, 0.25) is 5.91 Å². The van der Waals surface area contributed by atoms with E-state index in [1.54, 1.807) is 0 Å². The van der Waals surface area contributed by atoms with Gasteiger partial charge in [0.05, 0.1) is 39.9 Å². The van der Waals surface area contributed by atoms with Crippen molar-refractivity contribution in [2.75, 3.05) is 40.9 Å². The van der Waals surface area contributed by atoms with Crippen molar-refractivity contribution in [3.63, 3.8) is 0 Å². The number of phosphoric ester groups is 1. The Morgan fingerprint density at radius 3 is 1.24 bits per heavy atom. The lowest BCUT2D eigenvalue weighted by molar-refractivity contribution is -0.870. The Morgan fingerprint density at radius 2 is 0.845 bits per heavy atom.